The van der Waals surface area contributed by atoms with Gasteiger partial charge in [0.1, 0.15) is 0 Å². The van der Waals surface area contributed by atoms with Gasteiger partial charge in [-0.1, -0.05) is 66.8 Å². The molecular weight excluding hydrogens is 376 g/mol. The van der Waals surface area contributed by atoms with Crippen LogP contribution in [0.4, 0.5) is 0 Å². The lowest BCUT2D eigenvalue weighted by molar-refractivity contribution is 0.773. The Morgan fingerprint density at radius 1 is 1.03 bits per heavy atom. The maximum Gasteiger partial charge on any atom is 0.0707 e. The number of nitrogens with zero attached hydrogens (tertiary/aromatic N) is 2. The molecule has 1 aromatic carbocycles. The maximum absolute atomic E-state index is 4.63. The van der Waals surface area contributed by atoms with Gasteiger partial charge in [-0.3, -0.25) is 4.98 Å². The average Bonchev–Trinajstić information content (AvgIpc) is 3.18. The van der Waals surface area contributed by atoms with Crippen LogP contribution < -0.4 is 0 Å². The van der Waals surface area contributed by atoms with E-state index >= 15 is 0 Å². The van der Waals surface area contributed by atoms with Gasteiger partial charge >= 0.3 is 0 Å². The molecule has 3 aromatic rings. The number of aromatic nitrogens is 2. The van der Waals surface area contributed by atoms with E-state index in [2.05, 4.69) is 102 Å². The van der Waals surface area contributed by atoms with E-state index in [9.17, 15) is 0 Å². The fourth-order valence-corrected chi connectivity index (χ4v) is 4.59. The summed E-state index contributed by atoms with van der Waals surface area (Å²) in [5, 5.41) is 1.27. The lowest BCUT2D eigenvalue weighted by Gasteiger charge is -2.27. The molecular formula is C29H26N2. The molecule has 1 atom stereocenters. The van der Waals surface area contributed by atoms with Crippen LogP contribution in [0, 0.1) is 5.92 Å². The molecule has 2 nitrogen and oxygen atoms in total. The van der Waals surface area contributed by atoms with Crippen molar-refractivity contribution in [1.29, 1.82) is 0 Å². The lowest BCUT2D eigenvalue weighted by atomic mass is 9.79. The van der Waals surface area contributed by atoms with Crippen LogP contribution in [0.1, 0.15) is 31.5 Å². The summed E-state index contributed by atoms with van der Waals surface area (Å²) in [6.45, 7) is 4.24. The van der Waals surface area contributed by atoms with Gasteiger partial charge in [0, 0.05) is 40.5 Å². The van der Waals surface area contributed by atoms with Crippen LogP contribution >= 0.6 is 0 Å². The highest BCUT2D eigenvalue weighted by Gasteiger charge is 2.24. The molecule has 0 N–H and O–H groups in total. The Morgan fingerprint density at radius 2 is 1.90 bits per heavy atom. The summed E-state index contributed by atoms with van der Waals surface area (Å²) in [4.78, 5) is 4.63. The molecule has 0 fully saturated rings. The van der Waals surface area contributed by atoms with Gasteiger partial charge in [-0.25, -0.2) is 0 Å². The molecule has 0 saturated heterocycles. The van der Waals surface area contributed by atoms with Crippen molar-refractivity contribution in [3.8, 4) is 0 Å². The zero-order valence-corrected chi connectivity index (χ0v) is 18.0. The summed E-state index contributed by atoms with van der Waals surface area (Å²) >= 11 is 0. The van der Waals surface area contributed by atoms with Gasteiger partial charge < -0.3 is 4.57 Å². The fourth-order valence-electron chi connectivity index (χ4n) is 4.59. The summed E-state index contributed by atoms with van der Waals surface area (Å²) in [5.74, 6) is 0.365. The first-order chi connectivity index (χ1) is 15.3. The SMILES string of the molecule is C/C=C\C=C/c1cn(C2=CC3CC=C(C)C(c4ccccn4)=C3C=C2)c2ccccc12. The van der Waals surface area contributed by atoms with Crippen molar-refractivity contribution >= 4 is 28.2 Å². The number of rotatable bonds is 4. The molecule has 152 valence electrons. The van der Waals surface area contributed by atoms with E-state index in [0.717, 1.165) is 12.1 Å². The summed E-state index contributed by atoms with van der Waals surface area (Å²) in [6.07, 6.45) is 22.9. The van der Waals surface area contributed by atoms with E-state index in [1.165, 1.54) is 38.9 Å². The summed E-state index contributed by atoms with van der Waals surface area (Å²) < 4.78 is 2.32. The molecule has 0 aliphatic heterocycles. The van der Waals surface area contributed by atoms with E-state index in [1.54, 1.807) is 0 Å². The first-order valence-corrected chi connectivity index (χ1v) is 10.9. The van der Waals surface area contributed by atoms with Gasteiger partial charge in [-0.05, 0) is 55.7 Å². The first-order valence-electron chi connectivity index (χ1n) is 10.9. The predicted octanol–water partition coefficient (Wildman–Crippen LogP) is 7.46. The maximum atomic E-state index is 4.63. The van der Waals surface area contributed by atoms with Crippen LogP contribution in [0.5, 0.6) is 0 Å². The van der Waals surface area contributed by atoms with E-state index in [0.29, 0.717) is 5.92 Å². The Balaban J connectivity index is 1.59. The first kappa shape index (κ1) is 19.3. The molecule has 2 aromatic heterocycles. The standard InChI is InChI=1S/C29H26N2/c1-3-4-5-10-23-20-31(28-13-7-6-11-25(23)28)24-16-17-26-22(19-24)15-14-21(2)29(26)27-12-8-9-18-30-27/h3-14,16-20,22H,15H2,1-2H3/b4-3-,10-5-. The molecule has 0 amide bonds. The normalized spacial score (nSPS) is 18.7. The van der Waals surface area contributed by atoms with Crippen molar-refractivity contribution in [2.75, 3.05) is 0 Å². The number of hydrogen-bond acceptors (Lipinski definition) is 1. The van der Waals surface area contributed by atoms with E-state index in [1.807, 2.05) is 25.3 Å². The minimum Gasteiger partial charge on any atom is -0.316 e. The second kappa shape index (κ2) is 8.23. The Hall–Kier alpha value is -3.65. The minimum absolute atomic E-state index is 0.365. The van der Waals surface area contributed by atoms with Gasteiger partial charge in [-0.2, -0.15) is 0 Å². The molecule has 2 heterocycles. The van der Waals surface area contributed by atoms with Crippen molar-refractivity contribution in [2.45, 2.75) is 20.3 Å². The number of para-hydroxylation sites is 1. The van der Waals surface area contributed by atoms with Crippen molar-refractivity contribution < 1.29 is 0 Å². The van der Waals surface area contributed by atoms with Gasteiger partial charge in [0.25, 0.3) is 0 Å². The fraction of sp³-hybridized carbons (Fsp3) is 0.138. The predicted molar refractivity (Wildman–Crippen MR) is 132 cm³/mol. The summed E-state index contributed by atoms with van der Waals surface area (Å²) in [5.41, 5.74) is 8.71. The van der Waals surface area contributed by atoms with E-state index in [4.69, 9.17) is 0 Å². The Morgan fingerprint density at radius 3 is 2.74 bits per heavy atom. The molecule has 1 unspecified atom stereocenters. The second-order valence-corrected chi connectivity index (χ2v) is 8.06. The molecule has 0 spiro atoms. The number of allylic oxidation sites excluding steroid dienone is 11. The van der Waals surface area contributed by atoms with Gasteiger partial charge in [0.15, 0.2) is 0 Å². The lowest BCUT2D eigenvalue weighted by Crippen LogP contribution is -2.12. The quantitative estimate of drug-likeness (QED) is 0.414. The number of pyridine rings is 1. The van der Waals surface area contributed by atoms with Crippen molar-refractivity contribution in [3.63, 3.8) is 0 Å². The monoisotopic (exact) mass is 402 g/mol. The zero-order valence-electron chi connectivity index (χ0n) is 18.0. The van der Waals surface area contributed by atoms with Crippen molar-refractivity contribution in [3.05, 3.63) is 120 Å². The second-order valence-electron chi connectivity index (χ2n) is 8.06. The van der Waals surface area contributed by atoms with E-state index < -0.39 is 0 Å². The molecule has 0 saturated carbocycles. The molecule has 0 radical (unpaired) electrons. The summed E-state index contributed by atoms with van der Waals surface area (Å²) in [7, 11) is 0. The summed E-state index contributed by atoms with van der Waals surface area (Å²) in [6, 6.07) is 14.8. The largest absolute Gasteiger partial charge is 0.316 e. The highest BCUT2D eigenvalue weighted by Crippen LogP contribution is 2.40. The van der Waals surface area contributed by atoms with E-state index in [-0.39, 0.29) is 0 Å². The number of fused-ring (bicyclic) bond motifs is 2. The highest BCUT2D eigenvalue weighted by molar-refractivity contribution is 5.93. The van der Waals surface area contributed by atoms with Crippen molar-refractivity contribution in [2.24, 2.45) is 5.92 Å². The van der Waals surface area contributed by atoms with Crippen LogP contribution in [-0.2, 0) is 0 Å². The van der Waals surface area contributed by atoms with Crippen LogP contribution in [-0.4, -0.2) is 9.55 Å². The van der Waals surface area contributed by atoms with Crippen LogP contribution in [0.3, 0.4) is 0 Å². The smallest absolute Gasteiger partial charge is 0.0707 e. The Bertz CT molecular complexity index is 1310. The third-order valence-corrected chi connectivity index (χ3v) is 6.09. The minimum atomic E-state index is 0.365. The molecule has 2 aliphatic rings. The highest BCUT2D eigenvalue weighted by atomic mass is 15.0. The van der Waals surface area contributed by atoms with Crippen LogP contribution in [0.2, 0.25) is 0 Å². The number of benzene rings is 1. The molecule has 5 rings (SSSR count). The molecule has 2 aliphatic carbocycles. The van der Waals surface area contributed by atoms with Gasteiger partial charge in [-0.15, -0.1) is 0 Å². The van der Waals surface area contributed by atoms with Gasteiger partial charge in [0.05, 0.1) is 11.2 Å². The Kier molecular flexibility index (Phi) is 5.13. The molecule has 31 heavy (non-hydrogen) atoms. The van der Waals surface area contributed by atoms with Crippen LogP contribution in [0.15, 0.2) is 109 Å². The number of hydrogen-bond donors (Lipinski definition) is 0. The molecule has 2 heteroatoms. The molecule has 0 bridgehead atoms. The zero-order chi connectivity index (χ0) is 21.2. The Labute approximate surface area is 183 Å². The topological polar surface area (TPSA) is 17.8 Å². The average molecular weight is 403 g/mol. The van der Waals surface area contributed by atoms with Gasteiger partial charge in [0.2, 0.25) is 0 Å². The third kappa shape index (κ3) is 3.55. The van der Waals surface area contributed by atoms with Crippen LogP contribution in [0.25, 0.3) is 28.2 Å². The van der Waals surface area contributed by atoms with Crippen molar-refractivity contribution in [1.82, 2.24) is 9.55 Å². The third-order valence-electron chi connectivity index (χ3n) is 6.09.